The normalized spacial score (nSPS) is 19.2. The molecule has 2 aromatic rings. The summed E-state index contributed by atoms with van der Waals surface area (Å²) in [5.74, 6) is -0.625. The third-order valence-corrected chi connectivity index (χ3v) is 6.61. The quantitative estimate of drug-likeness (QED) is 0.649. The van der Waals surface area contributed by atoms with Crippen molar-refractivity contribution in [3.63, 3.8) is 0 Å². The van der Waals surface area contributed by atoms with Gasteiger partial charge in [0.25, 0.3) is 6.47 Å². The number of aryl methyl sites for hydroxylation is 1. The summed E-state index contributed by atoms with van der Waals surface area (Å²) in [6.45, 7) is 7.33. The monoisotopic (exact) mass is 461 g/mol. The molecule has 11 heteroatoms. The Labute approximate surface area is 189 Å². The Hall–Kier alpha value is -3.08. The molecule has 1 aliphatic heterocycles. The van der Waals surface area contributed by atoms with Gasteiger partial charge in [-0.05, 0) is 18.8 Å². The maximum absolute atomic E-state index is 12.6. The van der Waals surface area contributed by atoms with Crippen molar-refractivity contribution in [3.8, 4) is 0 Å². The highest BCUT2D eigenvalue weighted by Gasteiger charge is 2.39. The lowest BCUT2D eigenvalue weighted by Gasteiger charge is -2.26. The zero-order valence-electron chi connectivity index (χ0n) is 18.3. The zero-order valence-corrected chi connectivity index (χ0v) is 19.1. The third kappa shape index (κ3) is 5.21. The molecule has 32 heavy (non-hydrogen) atoms. The number of amides is 2. The van der Waals surface area contributed by atoms with Crippen LogP contribution in [0.25, 0.3) is 0 Å². The number of carbonyl (C=O) groups is 4. The number of hydrogen-bond acceptors (Lipinski definition) is 7. The average molecular weight is 462 g/mol. The minimum absolute atomic E-state index is 0.0902. The molecule has 1 aliphatic carbocycles. The number of anilines is 1. The second-order valence-corrected chi connectivity index (χ2v) is 9.61. The van der Waals surface area contributed by atoms with Gasteiger partial charge in [0.2, 0.25) is 11.8 Å². The van der Waals surface area contributed by atoms with Crippen molar-refractivity contribution in [2.75, 3.05) is 11.4 Å². The highest BCUT2D eigenvalue weighted by molar-refractivity contribution is 7.17. The first-order chi connectivity index (χ1) is 15.2. The predicted octanol–water partition coefficient (Wildman–Crippen LogP) is 1.88. The van der Waals surface area contributed by atoms with Crippen LogP contribution in [0.3, 0.4) is 0 Å². The number of imidazole rings is 1. The molecule has 0 radical (unpaired) electrons. The second-order valence-electron chi connectivity index (χ2n) is 8.64. The maximum Gasteiger partial charge on any atom is 0.290 e. The summed E-state index contributed by atoms with van der Waals surface area (Å²) in [5.41, 5.74) is 1.45. The minimum Gasteiger partial charge on any atom is -0.483 e. The van der Waals surface area contributed by atoms with E-state index in [4.69, 9.17) is 9.90 Å². The molecular weight excluding hydrogens is 434 g/mol. The van der Waals surface area contributed by atoms with Crippen LogP contribution >= 0.6 is 11.3 Å². The molecule has 2 N–H and O–H groups in total. The van der Waals surface area contributed by atoms with E-state index in [0.29, 0.717) is 23.0 Å². The molecule has 10 nitrogen and oxygen atoms in total. The van der Waals surface area contributed by atoms with Gasteiger partial charge in [0, 0.05) is 32.1 Å². The van der Waals surface area contributed by atoms with Gasteiger partial charge < -0.3 is 15.0 Å². The summed E-state index contributed by atoms with van der Waals surface area (Å²) in [4.78, 5) is 56.9. The van der Waals surface area contributed by atoms with E-state index in [9.17, 15) is 14.4 Å². The smallest absolute Gasteiger partial charge is 0.290 e. The Kier molecular flexibility index (Phi) is 7.07. The first-order valence-corrected chi connectivity index (χ1v) is 11.2. The third-order valence-electron chi connectivity index (χ3n) is 5.45. The lowest BCUT2D eigenvalue weighted by atomic mass is 9.78. The molecule has 0 saturated carbocycles. The number of aromatic nitrogens is 3. The highest BCUT2D eigenvalue weighted by atomic mass is 32.1. The molecule has 3 heterocycles. The van der Waals surface area contributed by atoms with Crippen molar-refractivity contribution >= 4 is 40.5 Å². The van der Waals surface area contributed by atoms with Crippen LogP contribution in [-0.2, 0) is 33.9 Å². The highest BCUT2D eigenvalue weighted by Crippen LogP contribution is 2.40. The fraction of sp³-hybridized carbons (Fsp3) is 0.524. The topological polar surface area (TPSA) is 134 Å². The molecule has 1 atom stereocenters. The van der Waals surface area contributed by atoms with E-state index in [1.165, 1.54) is 11.3 Å². The first-order valence-electron chi connectivity index (χ1n) is 10.4. The van der Waals surface area contributed by atoms with Crippen LogP contribution in [0.2, 0.25) is 0 Å². The van der Waals surface area contributed by atoms with Gasteiger partial charge in [0.15, 0.2) is 10.9 Å². The van der Waals surface area contributed by atoms with E-state index >= 15 is 0 Å². The number of nitrogens with one attached hydrogen (secondary N) is 1. The molecule has 1 fully saturated rings. The lowest BCUT2D eigenvalue weighted by Crippen LogP contribution is -2.32. The zero-order chi connectivity index (χ0) is 23.5. The van der Waals surface area contributed by atoms with Crippen LogP contribution in [0.5, 0.6) is 0 Å². The molecule has 0 aromatic carbocycles. The molecule has 0 spiro atoms. The van der Waals surface area contributed by atoms with Crippen LogP contribution in [0.15, 0.2) is 12.5 Å². The van der Waals surface area contributed by atoms with Crippen molar-refractivity contribution < 1.29 is 24.3 Å². The van der Waals surface area contributed by atoms with Gasteiger partial charge in [0.05, 0.1) is 35.1 Å². The van der Waals surface area contributed by atoms with E-state index < -0.39 is 5.92 Å². The number of ketones is 1. The number of thiazole rings is 1. The predicted molar refractivity (Wildman–Crippen MR) is 117 cm³/mol. The summed E-state index contributed by atoms with van der Waals surface area (Å²) in [6.07, 6.45) is 4.99. The summed E-state index contributed by atoms with van der Waals surface area (Å²) < 4.78 is 1.94. The molecule has 172 valence electrons. The summed E-state index contributed by atoms with van der Waals surface area (Å²) in [6, 6.07) is 0. The molecule has 0 bridgehead atoms. The fourth-order valence-corrected chi connectivity index (χ4v) is 4.93. The average Bonchev–Trinajstić information content (AvgIpc) is 3.43. The Morgan fingerprint density at radius 2 is 2.09 bits per heavy atom. The van der Waals surface area contributed by atoms with Crippen LogP contribution in [-0.4, -0.2) is 50.3 Å². The molecular formula is C21H27N5O5S. The van der Waals surface area contributed by atoms with Crippen molar-refractivity contribution in [2.24, 2.45) is 11.3 Å². The molecule has 2 amide bonds. The van der Waals surface area contributed by atoms with E-state index in [2.05, 4.69) is 29.1 Å². The van der Waals surface area contributed by atoms with Crippen molar-refractivity contribution in [2.45, 2.75) is 53.1 Å². The second kappa shape index (κ2) is 9.60. The summed E-state index contributed by atoms with van der Waals surface area (Å²) in [7, 11) is 0. The number of carboxylic acid groups (broad SMARTS) is 1. The van der Waals surface area contributed by atoms with Crippen molar-refractivity contribution in [1.82, 2.24) is 19.9 Å². The van der Waals surface area contributed by atoms with Crippen LogP contribution < -0.4 is 10.2 Å². The van der Waals surface area contributed by atoms with Gasteiger partial charge in [0.1, 0.15) is 0 Å². The lowest BCUT2D eigenvalue weighted by molar-refractivity contribution is -0.126. The molecule has 4 rings (SSSR count). The van der Waals surface area contributed by atoms with E-state index in [1.54, 1.807) is 11.2 Å². The summed E-state index contributed by atoms with van der Waals surface area (Å²) in [5, 5.41) is 10.3. The van der Waals surface area contributed by atoms with Crippen LogP contribution in [0.1, 0.15) is 54.7 Å². The molecule has 1 saturated heterocycles. The standard InChI is InChI=1S/C20H25N5O3S.CH2O2/c1-4-24-10-13(22-11-24)8-21-18(28)12-5-16(27)25(9-12)19-23-14-6-20(2,3)7-15(26)17(14)29-19;2-1-3/h10-12H,4-9H2,1-3H3,(H,21,28);1H,(H,2,3). The Bertz CT molecular complexity index is 1030. The van der Waals surface area contributed by atoms with E-state index in [1.807, 2.05) is 17.7 Å². The first kappa shape index (κ1) is 23.6. The molecule has 2 aromatic heterocycles. The minimum atomic E-state index is -0.427. The largest absolute Gasteiger partial charge is 0.483 e. The number of Topliss-reactive ketones (excluding diaryl/α,β-unsaturated/α-hetero) is 1. The van der Waals surface area contributed by atoms with Gasteiger partial charge in [-0.1, -0.05) is 25.2 Å². The van der Waals surface area contributed by atoms with Gasteiger partial charge in [-0.2, -0.15) is 0 Å². The van der Waals surface area contributed by atoms with Gasteiger partial charge in [-0.25, -0.2) is 9.97 Å². The van der Waals surface area contributed by atoms with Crippen molar-refractivity contribution in [1.29, 1.82) is 0 Å². The number of rotatable bonds is 5. The Morgan fingerprint density at radius 1 is 1.38 bits per heavy atom. The van der Waals surface area contributed by atoms with Gasteiger partial charge in [-0.15, -0.1) is 0 Å². The van der Waals surface area contributed by atoms with E-state index in [-0.39, 0.29) is 42.5 Å². The molecule has 1 unspecified atom stereocenters. The summed E-state index contributed by atoms with van der Waals surface area (Å²) >= 11 is 1.27. The molecule has 2 aliphatic rings. The Morgan fingerprint density at radius 3 is 2.75 bits per heavy atom. The fourth-order valence-electron chi connectivity index (χ4n) is 3.88. The van der Waals surface area contributed by atoms with E-state index in [0.717, 1.165) is 24.4 Å². The number of carbonyl (C=O) groups excluding carboxylic acids is 3. The van der Waals surface area contributed by atoms with Crippen LogP contribution in [0, 0.1) is 11.3 Å². The number of hydrogen-bond donors (Lipinski definition) is 2. The van der Waals surface area contributed by atoms with Crippen LogP contribution in [0.4, 0.5) is 5.13 Å². The van der Waals surface area contributed by atoms with Gasteiger partial charge in [-0.3, -0.25) is 24.1 Å². The maximum atomic E-state index is 12.6. The number of nitrogens with zero attached hydrogens (tertiary/aromatic N) is 4. The van der Waals surface area contributed by atoms with Gasteiger partial charge >= 0.3 is 0 Å². The SMILES string of the molecule is CCn1cnc(CNC(=O)C2CC(=O)N(c3nc4c(s3)C(=O)CC(C)(C)C4)C2)c1.O=CO. The Balaban J connectivity index is 0.000000913. The number of fused-ring (bicyclic) bond motifs is 1. The van der Waals surface area contributed by atoms with Crippen molar-refractivity contribution in [3.05, 3.63) is 28.8 Å².